The second kappa shape index (κ2) is 21.3. The summed E-state index contributed by atoms with van der Waals surface area (Å²) in [5.74, 6) is 0. The number of aromatic nitrogens is 1. The van der Waals surface area contributed by atoms with E-state index in [2.05, 4.69) is 108 Å². The molecule has 0 amide bonds. The van der Waals surface area contributed by atoms with Crippen molar-refractivity contribution in [3.63, 3.8) is 0 Å². The van der Waals surface area contributed by atoms with Crippen molar-refractivity contribution in [2.75, 3.05) is 0 Å². The van der Waals surface area contributed by atoms with E-state index in [9.17, 15) is 0 Å². The summed E-state index contributed by atoms with van der Waals surface area (Å²) < 4.78 is 2.47. The molecule has 0 aliphatic rings. The van der Waals surface area contributed by atoms with Crippen molar-refractivity contribution in [3.05, 3.63) is 109 Å². The highest BCUT2D eigenvalue weighted by atomic mass is 15.0. The van der Waals surface area contributed by atoms with Crippen molar-refractivity contribution in [1.29, 1.82) is 0 Å². The summed E-state index contributed by atoms with van der Waals surface area (Å²) in [6, 6.07) is 37.3. The van der Waals surface area contributed by atoms with Crippen molar-refractivity contribution in [2.45, 2.75) is 89.6 Å². The summed E-state index contributed by atoms with van der Waals surface area (Å²) in [4.78, 5) is 0. The van der Waals surface area contributed by atoms with Gasteiger partial charge in [0.25, 0.3) is 0 Å². The number of hydrogen-bond acceptors (Lipinski definition) is 0. The molecule has 1 nitrogen and oxygen atoms in total. The summed E-state index contributed by atoms with van der Waals surface area (Å²) >= 11 is 0. The molecule has 1 heterocycles. The summed E-state index contributed by atoms with van der Waals surface area (Å²) in [5, 5.41) is 7.96. The zero-order valence-corrected chi connectivity index (χ0v) is 27.5. The fourth-order valence-corrected chi connectivity index (χ4v) is 4.56. The van der Waals surface area contributed by atoms with E-state index in [1.54, 1.807) is 0 Å². The molecule has 0 unspecified atom stereocenters. The summed E-state index contributed by atoms with van der Waals surface area (Å²) in [5.41, 5.74) is 3.92. The standard InChI is InChI=1S/C27H19N.6C2H6/c1-2-8-19(9-3-1)18-28-24-16-14-20-10-4-6-12-22(20)26(24)27-23-13-7-5-11-21(23)15-17-25(27)28;6*1-2/h1-17H,18H2;6*1-2H3. The van der Waals surface area contributed by atoms with E-state index in [4.69, 9.17) is 0 Å². The Labute approximate surface area is 245 Å². The molecular weight excluding hydrogens is 482 g/mol. The van der Waals surface area contributed by atoms with Crippen LogP contribution in [0.4, 0.5) is 0 Å². The van der Waals surface area contributed by atoms with Gasteiger partial charge in [-0.3, -0.25) is 0 Å². The largest absolute Gasteiger partial charge is 0.336 e. The first-order valence-electron chi connectivity index (χ1n) is 15.8. The maximum absolute atomic E-state index is 2.47. The minimum atomic E-state index is 0.873. The molecule has 1 heteroatoms. The quantitative estimate of drug-likeness (QED) is 0.207. The Bertz CT molecular complexity index is 1380. The van der Waals surface area contributed by atoms with Crippen molar-refractivity contribution in [2.24, 2.45) is 0 Å². The first-order valence-corrected chi connectivity index (χ1v) is 15.8. The Hall–Kier alpha value is -3.58. The Morgan fingerprint density at radius 2 is 0.725 bits per heavy atom. The van der Waals surface area contributed by atoms with Crippen LogP contribution in [0, 0.1) is 0 Å². The molecule has 0 saturated carbocycles. The summed E-state index contributed by atoms with van der Waals surface area (Å²) in [6.07, 6.45) is 0. The number of benzene rings is 5. The second-order valence-corrected chi connectivity index (χ2v) is 7.43. The molecule has 6 aromatic rings. The number of hydrogen-bond donors (Lipinski definition) is 0. The third-order valence-electron chi connectivity index (χ3n) is 5.83. The lowest BCUT2D eigenvalue weighted by atomic mass is 10.00. The molecule has 0 N–H and O–H groups in total. The molecular formula is C39H55N. The lowest BCUT2D eigenvalue weighted by Crippen LogP contribution is -1.99. The van der Waals surface area contributed by atoms with Crippen LogP contribution in [0.25, 0.3) is 43.4 Å². The fraction of sp³-hybridized carbons (Fsp3) is 0.333. The van der Waals surface area contributed by atoms with Gasteiger partial charge in [0.2, 0.25) is 0 Å². The third-order valence-corrected chi connectivity index (χ3v) is 5.83. The molecule has 216 valence electrons. The topological polar surface area (TPSA) is 4.93 Å². The monoisotopic (exact) mass is 537 g/mol. The molecule has 0 spiro atoms. The summed E-state index contributed by atoms with van der Waals surface area (Å²) in [7, 11) is 0. The molecule has 6 rings (SSSR count). The van der Waals surface area contributed by atoms with Gasteiger partial charge in [0.15, 0.2) is 0 Å². The van der Waals surface area contributed by atoms with Crippen molar-refractivity contribution in [1.82, 2.24) is 4.57 Å². The SMILES string of the molecule is CC.CC.CC.CC.CC.CC.c1ccc(Cn2c3ccc4ccccc4c3c3c4ccccc4ccc32)cc1. The average molecular weight is 538 g/mol. The normalized spacial score (nSPS) is 9.10. The van der Waals surface area contributed by atoms with Gasteiger partial charge in [-0.05, 0) is 39.2 Å². The highest BCUT2D eigenvalue weighted by Gasteiger charge is 2.15. The van der Waals surface area contributed by atoms with Gasteiger partial charge < -0.3 is 4.57 Å². The Balaban J connectivity index is 0.00000113. The van der Waals surface area contributed by atoms with Gasteiger partial charge in [0, 0.05) is 17.3 Å². The first-order chi connectivity index (χ1) is 19.9. The molecule has 0 bridgehead atoms. The smallest absolute Gasteiger partial charge is 0.0501 e. The average Bonchev–Trinajstić information content (AvgIpc) is 3.41. The second-order valence-electron chi connectivity index (χ2n) is 7.43. The van der Waals surface area contributed by atoms with Gasteiger partial charge in [-0.1, -0.05) is 174 Å². The lowest BCUT2D eigenvalue weighted by molar-refractivity contribution is 0.869. The predicted octanol–water partition coefficient (Wildman–Crippen LogP) is 13.3. The predicted molar refractivity (Wildman–Crippen MR) is 188 cm³/mol. The van der Waals surface area contributed by atoms with E-state index in [1.807, 2.05) is 83.1 Å². The van der Waals surface area contributed by atoms with Crippen molar-refractivity contribution in [3.8, 4) is 0 Å². The number of fused-ring (bicyclic) bond motifs is 7. The zero-order chi connectivity index (χ0) is 30.5. The molecule has 0 aliphatic carbocycles. The van der Waals surface area contributed by atoms with Gasteiger partial charge in [0.1, 0.15) is 0 Å². The molecule has 0 fully saturated rings. The molecule has 0 atom stereocenters. The molecule has 5 aromatic carbocycles. The van der Waals surface area contributed by atoms with Gasteiger partial charge in [-0.2, -0.15) is 0 Å². The van der Waals surface area contributed by atoms with Gasteiger partial charge >= 0.3 is 0 Å². The highest BCUT2D eigenvalue weighted by Crippen LogP contribution is 2.39. The van der Waals surface area contributed by atoms with Crippen LogP contribution in [-0.4, -0.2) is 4.57 Å². The first kappa shape index (κ1) is 36.4. The molecule has 0 aliphatic heterocycles. The summed E-state index contributed by atoms with van der Waals surface area (Å²) in [6.45, 7) is 24.9. The fourth-order valence-electron chi connectivity index (χ4n) is 4.56. The number of nitrogens with zero attached hydrogens (tertiary/aromatic N) is 1. The zero-order valence-electron chi connectivity index (χ0n) is 27.5. The van der Waals surface area contributed by atoms with Crippen LogP contribution in [0.2, 0.25) is 0 Å². The minimum Gasteiger partial charge on any atom is -0.336 e. The van der Waals surface area contributed by atoms with Crippen LogP contribution in [0.5, 0.6) is 0 Å². The van der Waals surface area contributed by atoms with E-state index >= 15 is 0 Å². The molecule has 0 saturated heterocycles. The van der Waals surface area contributed by atoms with E-state index in [0.29, 0.717) is 0 Å². The Morgan fingerprint density at radius 3 is 1.12 bits per heavy atom. The Morgan fingerprint density at radius 1 is 0.375 bits per heavy atom. The van der Waals surface area contributed by atoms with Crippen LogP contribution in [0.1, 0.15) is 88.6 Å². The van der Waals surface area contributed by atoms with Crippen LogP contribution < -0.4 is 0 Å². The van der Waals surface area contributed by atoms with Crippen LogP contribution in [0.3, 0.4) is 0 Å². The molecule has 0 radical (unpaired) electrons. The van der Waals surface area contributed by atoms with Crippen LogP contribution >= 0.6 is 0 Å². The van der Waals surface area contributed by atoms with E-state index in [-0.39, 0.29) is 0 Å². The van der Waals surface area contributed by atoms with Crippen molar-refractivity contribution >= 4 is 43.4 Å². The lowest BCUT2D eigenvalue weighted by Gasteiger charge is -2.08. The van der Waals surface area contributed by atoms with Crippen LogP contribution in [0.15, 0.2) is 103 Å². The highest BCUT2D eigenvalue weighted by molar-refractivity contribution is 6.28. The van der Waals surface area contributed by atoms with E-state index < -0.39 is 0 Å². The van der Waals surface area contributed by atoms with E-state index in [1.165, 1.54) is 48.9 Å². The third kappa shape index (κ3) is 8.21. The van der Waals surface area contributed by atoms with E-state index in [0.717, 1.165) is 6.54 Å². The molecule has 40 heavy (non-hydrogen) atoms. The number of rotatable bonds is 2. The minimum absolute atomic E-state index is 0.873. The van der Waals surface area contributed by atoms with Gasteiger partial charge in [0.05, 0.1) is 11.0 Å². The Kier molecular flexibility index (Phi) is 19.4. The van der Waals surface area contributed by atoms with Crippen LogP contribution in [-0.2, 0) is 6.54 Å². The maximum atomic E-state index is 2.47. The van der Waals surface area contributed by atoms with Gasteiger partial charge in [-0.25, -0.2) is 0 Å². The molecule has 1 aromatic heterocycles. The van der Waals surface area contributed by atoms with Gasteiger partial charge in [-0.15, -0.1) is 0 Å². The maximum Gasteiger partial charge on any atom is 0.0501 e. The van der Waals surface area contributed by atoms with Crippen molar-refractivity contribution < 1.29 is 0 Å².